The maximum atomic E-state index is 11.6. The molecule has 1 aromatic carbocycles. The third-order valence-electron chi connectivity index (χ3n) is 4.22. The highest BCUT2D eigenvalue weighted by Gasteiger charge is 2.23. The van der Waals surface area contributed by atoms with Gasteiger partial charge < -0.3 is 19.5 Å². The molecule has 1 heterocycles. The molecule has 2 rings (SSSR count). The average Bonchev–Trinajstić information content (AvgIpc) is 2.52. The molecule has 0 aliphatic carbocycles. The van der Waals surface area contributed by atoms with E-state index in [1.807, 2.05) is 0 Å². The Bertz CT molecular complexity index is 507. The Morgan fingerprint density at radius 1 is 1.25 bits per heavy atom. The average molecular weight is 335 g/mol. The predicted octanol–water partition coefficient (Wildman–Crippen LogP) is 2.58. The first-order chi connectivity index (χ1) is 11.5. The Morgan fingerprint density at radius 3 is 2.46 bits per heavy atom. The third kappa shape index (κ3) is 5.80. The van der Waals surface area contributed by atoms with E-state index in [2.05, 4.69) is 18.7 Å². The van der Waals surface area contributed by atoms with E-state index in [4.69, 9.17) is 9.47 Å². The lowest BCUT2D eigenvalue weighted by atomic mass is 9.92. The molecule has 1 N–H and O–H groups in total. The van der Waals surface area contributed by atoms with Gasteiger partial charge in [-0.1, -0.05) is 13.8 Å². The number of aliphatic hydroxyl groups excluding tert-OH is 1. The summed E-state index contributed by atoms with van der Waals surface area (Å²) in [6.07, 6.45) is 0.739. The molecule has 0 saturated carbocycles. The topological polar surface area (TPSA) is 59.0 Å². The van der Waals surface area contributed by atoms with Gasteiger partial charge >= 0.3 is 5.97 Å². The van der Waals surface area contributed by atoms with Gasteiger partial charge in [-0.15, -0.1) is 0 Å². The molecule has 1 aromatic rings. The molecule has 3 atom stereocenters. The number of rotatable bonds is 7. The zero-order valence-electron chi connectivity index (χ0n) is 14.9. The molecule has 1 aliphatic heterocycles. The first-order valence-corrected chi connectivity index (χ1v) is 8.78. The fourth-order valence-corrected chi connectivity index (χ4v) is 3.39. The number of hydrogen-bond donors (Lipinski definition) is 1. The van der Waals surface area contributed by atoms with Crippen molar-refractivity contribution in [1.29, 1.82) is 0 Å². The zero-order chi connectivity index (χ0) is 17.5. The molecular weight excluding hydrogens is 306 g/mol. The van der Waals surface area contributed by atoms with E-state index >= 15 is 0 Å². The van der Waals surface area contributed by atoms with E-state index < -0.39 is 6.10 Å². The first kappa shape index (κ1) is 18.7. The van der Waals surface area contributed by atoms with Crippen molar-refractivity contribution in [3.63, 3.8) is 0 Å². The SMILES string of the molecule is CCOC(=O)c1ccc(OCC(O)CN2CC(C)CC(C)C2)cc1. The van der Waals surface area contributed by atoms with E-state index in [0.29, 0.717) is 36.3 Å². The third-order valence-corrected chi connectivity index (χ3v) is 4.22. The Hall–Kier alpha value is -1.59. The van der Waals surface area contributed by atoms with E-state index in [1.165, 1.54) is 6.42 Å². The lowest BCUT2D eigenvalue weighted by Crippen LogP contribution is -2.43. The Kier molecular flexibility index (Phi) is 7.06. The van der Waals surface area contributed by atoms with Crippen LogP contribution in [0.3, 0.4) is 0 Å². The maximum Gasteiger partial charge on any atom is 0.338 e. The van der Waals surface area contributed by atoms with Gasteiger partial charge in [-0.25, -0.2) is 4.79 Å². The van der Waals surface area contributed by atoms with E-state index in [0.717, 1.165) is 13.1 Å². The molecule has 0 amide bonds. The number of β-amino-alcohol motifs (C(OH)–C–C–N with tert-alkyl or cyclic N) is 1. The molecule has 3 unspecified atom stereocenters. The van der Waals surface area contributed by atoms with Crippen LogP contribution in [0.15, 0.2) is 24.3 Å². The van der Waals surface area contributed by atoms with Gasteiger partial charge in [-0.3, -0.25) is 0 Å². The minimum absolute atomic E-state index is 0.248. The minimum Gasteiger partial charge on any atom is -0.491 e. The summed E-state index contributed by atoms with van der Waals surface area (Å²) in [6.45, 7) is 9.61. The van der Waals surface area contributed by atoms with Crippen molar-refractivity contribution in [3.05, 3.63) is 29.8 Å². The molecule has 1 aliphatic rings. The maximum absolute atomic E-state index is 11.6. The van der Waals surface area contributed by atoms with Crippen LogP contribution in [0, 0.1) is 11.8 Å². The molecule has 0 bridgehead atoms. The largest absolute Gasteiger partial charge is 0.491 e. The molecule has 24 heavy (non-hydrogen) atoms. The lowest BCUT2D eigenvalue weighted by molar-refractivity contribution is 0.0428. The summed E-state index contributed by atoms with van der Waals surface area (Å²) in [6, 6.07) is 6.80. The number of hydrogen-bond acceptors (Lipinski definition) is 5. The second kappa shape index (κ2) is 9.04. The molecule has 5 nitrogen and oxygen atoms in total. The van der Waals surface area contributed by atoms with Gasteiger partial charge in [0.15, 0.2) is 0 Å². The van der Waals surface area contributed by atoms with Crippen LogP contribution in [0.2, 0.25) is 0 Å². The van der Waals surface area contributed by atoms with Gasteiger partial charge in [0.1, 0.15) is 18.5 Å². The summed E-state index contributed by atoms with van der Waals surface area (Å²) in [4.78, 5) is 13.9. The number of ether oxygens (including phenoxy) is 2. The first-order valence-electron chi connectivity index (χ1n) is 8.78. The summed E-state index contributed by atoms with van der Waals surface area (Å²) in [7, 11) is 0. The van der Waals surface area contributed by atoms with Crippen LogP contribution in [0.25, 0.3) is 0 Å². The van der Waals surface area contributed by atoms with Crippen LogP contribution in [-0.2, 0) is 4.74 Å². The Balaban J connectivity index is 1.77. The zero-order valence-corrected chi connectivity index (χ0v) is 14.9. The fraction of sp³-hybridized carbons (Fsp3) is 0.632. The summed E-state index contributed by atoms with van der Waals surface area (Å²) in [5.41, 5.74) is 0.501. The quantitative estimate of drug-likeness (QED) is 0.776. The number of likely N-dealkylation sites (tertiary alicyclic amines) is 1. The van der Waals surface area contributed by atoms with Crippen LogP contribution in [0.5, 0.6) is 5.75 Å². The fourth-order valence-electron chi connectivity index (χ4n) is 3.39. The predicted molar refractivity (Wildman–Crippen MR) is 93.3 cm³/mol. The van der Waals surface area contributed by atoms with Crippen molar-refractivity contribution in [3.8, 4) is 5.75 Å². The molecule has 0 radical (unpaired) electrons. The van der Waals surface area contributed by atoms with Crippen molar-refractivity contribution >= 4 is 5.97 Å². The summed E-state index contributed by atoms with van der Waals surface area (Å²) in [5.74, 6) is 1.66. The lowest BCUT2D eigenvalue weighted by Gasteiger charge is -2.35. The molecule has 1 fully saturated rings. The number of carbonyl (C=O) groups excluding carboxylic acids is 1. The number of nitrogens with zero attached hydrogens (tertiary/aromatic N) is 1. The number of benzene rings is 1. The van der Waals surface area contributed by atoms with Gasteiger partial charge in [0, 0.05) is 19.6 Å². The number of aliphatic hydroxyl groups is 1. The second-order valence-electron chi connectivity index (χ2n) is 6.87. The summed E-state index contributed by atoms with van der Waals surface area (Å²) in [5, 5.41) is 10.2. The number of esters is 1. The highest BCUT2D eigenvalue weighted by Crippen LogP contribution is 2.21. The van der Waals surface area contributed by atoms with Crippen molar-refractivity contribution in [2.24, 2.45) is 11.8 Å². The van der Waals surface area contributed by atoms with Crippen molar-refractivity contribution < 1.29 is 19.4 Å². The van der Waals surface area contributed by atoms with Crippen LogP contribution >= 0.6 is 0 Å². The van der Waals surface area contributed by atoms with Gasteiger partial charge in [0.05, 0.1) is 12.2 Å². The van der Waals surface area contributed by atoms with Crippen molar-refractivity contribution in [2.75, 3.05) is 32.8 Å². The van der Waals surface area contributed by atoms with Gasteiger partial charge in [0.2, 0.25) is 0 Å². The molecule has 0 spiro atoms. The smallest absolute Gasteiger partial charge is 0.338 e. The van der Waals surface area contributed by atoms with Gasteiger partial charge in [0.25, 0.3) is 0 Å². The van der Waals surface area contributed by atoms with E-state index in [9.17, 15) is 9.90 Å². The summed E-state index contributed by atoms with van der Waals surface area (Å²) < 4.78 is 10.6. The second-order valence-corrected chi connectivity index (χ2v) is 6.87. The molecular formula is C19H29NO4. The van der Waals surface area contributed by atoms with Crippen LogP contribution in [0.1, 0.15) is 37.6 Å². The van der Waals surface area contributed by atoms with Crippen LogP contribution in [0.4, 0.5) is 0 Å². The number of piperidine rings is 1. The normalized spacial score (nSPS) is 22.8. The minimum atomic E-state index is -0.521. The number of carbonyl (C=O) groups is 1. The molecule has 1 saturated heterocycles. The molecule has 134 valence electrons. The van der Waals surface area contributed by atoms with Crippen LogP contribution < -0.4 is 4.74 Å². The highest BCUT2D eigenvalue weighted by atomic mass is 16.5. The highest BCUT2D eigenvalue weighted by molar-refractivity contribution is 5.89. The standard InChI is InChI=1S/C19H29NO4/c1-4-23-19(22)16-5-7-18(8-6-16)24-13-17(21)12-20-10-14(2)9-15(3)11-20/h5-8,14-15,17,21H,4,9-13H2,1-3H3. The molecule has 5 heteroatoms. The van der Waals surface area contributed by atoms with E-state index in [-0.39, 0.29) is 12.6 Å². The Morgan fingerprint density at radius 2 is 1.88 bits per heavy atom. The van der Waals surface area contributed by atoms with Crippen LogP contribution in [-0.4, -0.2) is 54.9 Å². The van der Waals surface area contributed by atoms with Gasteiger partial charge in [-0.05, 0) is 49.4 Å². The van der Waals surface area contributed by atoms with Crippen molar-refractivity contribution in [2.45, 2.75) is 33.3 Å². The van der Waals surface area contributed by atoms with E-state index in [1.54, 1.807) is 31.2 Å². The molecule has 0 aromatic heterocycles. The monoisotopic (exact) mass is 335 g/mol. The van der Waals surface area contributed by atoms with Gasteiger partial charge in [-0.2, -0.15) is 0 Å². The van der Waals surface area contributed by atoms with Crippen molar-refractivity contribution in [1.82, 2.24) is 4.90 Å². The Labute approximate surface area is 144 Å². The summed E-state index contributed by atoms with van der Waals surface area (Å²) >= 11 is 0.